The molecule has 3 aromatic carbocycles. The van der Waals surface area contributed by atoms with Gasteiger partial charge in [-0.15, -0.1) is 0 Å². The Hall–Kier alpha value is -7.24. The number of alkyl carbamates (subject to hydrolysis) is 2. The number of aromatic nitrogens is 4. The molecule has 0 bridgehead atoms. The van der Waals surface area contributed by atoms with Crippen LogP contribution in [0.3, 0.4) is 0 Å². The van der Waals surface area contributed by atoms with Gasteiger partial charge in [-0.25, -0.2) is 28.7 Å². The van der Waals surface area contributed by atoms with Gasteiger partial charge in [-0.1, -0.05) is 88.4 Å². The zero-order valence-electron chi connectivity index (χ0n) is 43.2. The van der Waals surface area contributed by atoms with Crippen molar-refractivity contribution in [1.82, 2.24) is 45.3 Å². The molecule has 2 saturated carbocycles. The van der Waals surface area contributed by atoms with Crippen molar-refractivity contribution in [2.24, 2.45) is 11.8 Å². The lowest BCUT2D eigenvalue weighted by Crippen LogP contribution is -2.52. The number of aromatic amines is 2. The second-order valence-corrected chi connectivity index (χ2v) is 21.5. The Morgan fingerprint density at radius 1 is 0.600 bits per heavy atom. The molecule has 17 nitrogen and oxygen atoms in total. The molecule has 5 amide bonds. The summed E-state index contributed by atoms with van der Waals surface area (Å²) in [5, 5.41) is 5.71. The van der Waals surface area contributed by atoms with Crippen molar-refractivity contribution in [3.63, 3.8) is 0 Å². The molecule has 18 heteroatoms. The Morgan fingerprint density at radius 2 is 1.11 bits per heavy atom. The molecule has 396 valence electrons. The van der Waals surface area contributed by atoms with E-state index in [1.807, 2.05) is 69.0 Å². The van der Waals surface area contributed by atoms with E-state index in [1.54, 1.807) is 29.4 Å². The molecular weight excluding hydrogens is 958 g/mol. The van der Waals surface area contributed by atoms with Crippen molar-refractivity contribution in [3.8, 4) is 33.6 Å². The summed E-state index contributed by atoms with van der Waals surface area (Å²) in [6.45, 7) is 8.54. The molecule has 2 aromatic heterocycles. The van der Waals surface area contributed by atoms with Gasteiger partial charge in [0.2, 0.25) is 11.8 Å². The second kappa shape index (κ2) is 22.3. The van der Waals surface area contributed by atoms with Gasteiger partial charge >= 0.3 is 18.3 Å². The number of rotatable bonds is 14. The highest BCUT2D eigenvalue weighted by atomic mass is 19.1. The lowest BCUT2D eigenvalue weighted by atomic mass is 10.0. The molecule has 4 N–H and O–H groups in total. The maximum atomic E-state index is 14.6. The third-order valence-electron chi connectivity index (χ3n) is 15.6. The fraction of sp³-hybridized carbons (Fsp3) is 0.491. The average Bonchev–Trinajstić information content (AvgIpc) is 4.26. The van der Waals surface area contributed by atoms with E-state index >= 15 is 0 Å². The molecule has 2 aliphatic carbocycles. The van der Waals surface area contributed by atoms with Crippen molar-refractivity contribution < 1.29 is 42.6 Å². The van der Waals surface area contributed by atoms with Crippen molar-refractivity contribution in [2.75, 3.05) is 13.1 Å². The number of H-pyrrole nitrogens is 2. The average molecular weight is 1030 g/mol. The predicted octanol–water partition coefficient (Wildman–Crippen LogP) is 10.1. The number of carbonyl (C=O) groups is 5. The summed E-state index contributed by atoms with van der Waals surface area (Å²) in [6.07, 6.45) is 10.0. The normalized spacial score (nSPS) is 20.7. The highest BCUT2D eigenvalue weighted by Crippen LogP contribution is 2.37. The van der Waals surface area contributed by atoms with E-state index in [4.69, 9.17) is 24.2 Å². The third-order valence-corrected chi connectivity index (χ3v) is 15.6. The van der Waals surface area contributed by atoms with Crippen molar-refractivity contribution in [1.29, 1.82) is 0 Å². The van der Waals surface area contributed by atoms with Gasteiger partial charge in [-0.05, 0) is 110 Å². The molecule has 0 radical (unpaired) electrons. The van der Waals surface area contributed by atoms with Crippen LogP contribution in [0.15, 0.2) is 79.1 Å². The SMILES string of the molecule is CC(C)C(NC(=O)OC1CCCC1)C(=O)N1CCC[C@H]1c1ncc(-c2ccc(-c3ccc(-c4cnc([C@@H]5C[C@@H](OC(=O)N6Cc7cccc(F)c7C6)CN5C(=O)[C@@H](NC(=O)OC5CCCC5)C(C)C)[nH]4)cc3)cc2)[nH]1. The molecule has 10 rings (SSSR count). The van der Waals surface area contributed by atoms with Crippen LogP contribution in [0.25, 0.3) is 33.6 Å². The van der Waals surface area contributed by atoms with E-state index in [0.29, 0.717) is 23.8 Å². The van der Waals surface area contributed by atoms with E-state index in [1.165, 1.54) is 11.0 Å². The van der Waals surface area contributed by atoms with Crippen LogP contribution in [-0.4, -0.2) is 108 Å². The Bertz CT molecular complexity index is 2860. The van der Waals surface area contributed by atoms with E-state index in [9.17, 15) is 28.4 Å². The van der Waals surface area contributed by atoms with Gasteiger partial charge in [0.05, 0.1) is 49.0 Å². The molecule has 5 aliphatic rings. The number of ether oxygens (including phenoxy) is 3. The molecule has 2 saturated heterocycles. The van der Waals surface area contributed by atoms with E-state index in [0.717, 1.165) is 103 Å². The van der Waals surface area contributed by atoms with Gasteiger partial charge in [0.15, 0.2) is 0 Å². The molecule has 3 aliphatic heterocycles. The number of carbonyl (C=O) groups excluding carboxylic acids is 5. The van der Waals surface area contributed by atoms with Gasteiger partial charge in [-0.2, -0.15) is 0 Å². The summed E-state index contributed by atoms with van der Waals surface area (Å²) in [5.41, 5.74) is 6.57. The topological polar surface area (TPSA) is 204 Å². The minimum absolute atomic E-state index is 0.0652. The Morgan fingerprint density at radius 3 is 1.63 bits per heavy atom. The lowest BCUT2D eigenvalue weighted by Gasteiger charge is -2.30. The number of nitrogens with one attached hydrogen (secondary N) is 4. The van der Waals surface area contributed by atoms with E-state index < -0.39 is 42.5 Å². The largest absolute Gasteiger partial charge is 0.446 e. The monoisotopic (exact) mass is 1030 g/mol. The molecule has 0 spiro atoms. The van der Waals surface area contributed by atoms with Crippen LogP contribution in [0.5, 0.6) is 0 Å². The van der Waals surface area contributed by atoms with Crippen LogP contribution in [0.1, 0.15) is 133 Å². The van der Waals surface area contributed by atoms with Crippen LogP contribution in [0, 0.1) is 17.7 Å². The van der Waals surface area contributed by atoms with Crippen LogP contribution in [0.2, 0.25) is 0 Å². The summed E-state index contributed by atoms with van der Waals surface area (Å²) in [5.74, 6) is -0.0376. The summed E-state index contributed by atoms with van der Waals surface area (Å²) >= 11 is 0. The summed E-state index contributed by atoms with van der Waals surface area (Å²) in [6, 6.07) is 18.6. The highest BCUT2D eigenvalue weighted by Gasteiger charge is 2.44. The van der Waals surface area contributed by atoms with Gasteiger partial charge in [0, 0.05) is 25.1 Å². The molecule has 5 atom stereocenters. The zero-order chi connectivity index (χ0) is 52.3. The number of fused-ring (bicyclic) bond motifs is 1. The van der Waals surface area contributed by atoms with Crippen molar-refractivity contribution in [3.05, 3.63) is 108 Å². The first-order chi connectivity index (χ1) is 36.3. The number of hydrogen-bond acceptors (Lipinski definition) is 10. The van der Waals surface area contributed by atoms with Gasteiger partial charge in [-0.3, -0.25) is 14.5 Å². The molecule has 5 heterocycles. The van der Waals surface area contributed by atoms with Gasteiger partial charge in [0.25, 0.3) is 0 Å². The molecule has 4 fully saturated rings. The number of hydrogen-bond donors (Lipinski definition) is 4. The maximum absolute atomic E-state index is 14.6. The first-order valence-corrected chi connectivity index (χ1v) is 26.8. The van der Waals surface area contributed by atoms with Crippen molar-refractivity contribution >= 4 is 30.1 Å². The minimum atomic E-state index is -0.910. The molecular formula is C57H68FN9O8. The van der Waals surface area contributed by atoms with Crippen LogP contribution in [-0.2, 0) is 36.9 Å². The fourth-order valence-corrected chi connectivity index (χ4v) is 11.4. The number of imidazole rings is 2. The Labute approximate surface area is 436 Å². The molecule has 1 unspecified atom stereocenters. The summed E-state index contributed by atoms with van der Waals surface area (Å²) in [4.78, 5) is 89.3. The van der Waals surface area contributed by atoms with Crippen LogP contribution >= 0.6 is 0 Å². The number of halogens is 1. The second-order valence-electron chi connectivity index (χ2n) is 21.5. The van der Waals surface area contributed by atoms with E-state index in [-0.39, 0.29) is 73.8 Å². The number of likely N-dealkylation sites (tertiary alicyclic amines) is 2. The Kier molecular flexibility index (Phi) is 15.2. The molecule has 75 heavy (non-hydrogen) atoms. The smallest absolute Gasteiger partial charge is 0.410 e. The minimum Gasteiger partial charge on any atom is -0.446 e. The van der Waals surface area contributed by atoms with Crippen LogP contribution < -0.4 is 10.6 Å². The standard InChI is InChI=1S/C57H68FN9O8/c1-33(2)49(63-55(70)73-40-12-5-6-13-40)53(68)66-26-10-17-47(66)51-59-28-45(61-51)37-22-18-35(19-23-37)36-20-24-38(25-21-36)46-29-60-52(62-46)48-27-42(75-57(72)65-30-39-11-9-16-44(58)43(39)32-65)31-67(48)54(69)50(34(3)4)64-56(71)74-41-14-7-8-15-41/h9,11,16,18-25,28-29,33-34,40-42,47-50H,5-8,10,12-15,17,26-27,30-32H2,1-4H3,(H,59,61)(H,60,62)(H,63,70)(H,64,71)/t42-,47+,48+,49?,50+/m1/s1. The van der Waals surface area contributed by atoms with Gasteiger partial charge in [0.1, 0.15) is 47.9 Å². The number of benzene rings is 3. The first kappa shape index (κ1) is 51.3. The van der Waals surface area contributed by atoms with Crippen molar-refractivity contribution in [2.45, 2.75) is 154 Å². The predicted molar refractivity (Wildman–Crippen MR) is 277 cm³/mol. The highest BCUT2D eigenvalue weighted by molar-refractivity contribution is 5.87. The number of nitrogens with zero attached hydrogens (tertiary/aromatic N) is 5. The number of amides is 5. The quantitative estimate of drug-likeness (QED) is 0.0775. The summed E-state index contributed by atoms with van der Waals surface area (Å²) < 4.78 is 32.0. The lowest BCUT2D eigenvalue weighted by molar-refractivity contribution is -0.136. The van der Waals surface area contributed by atoms with Crippen LogP contribution in [0.4, 0.5) is 18.8 Å². The fourth-order valence-electron chi connectivity index (χ4n) is 11.4. The zero-order valence-corrected chi connectivity index (χ0v) is 43.2. The van der Waals surface area contributed by atoms with Gasteiger partial charge < -0.3 is 44.6 Å². The Balaban J connectivity index is 0.801. The third kappa shape index (κ3) is 11.4. The van der Waals surface area contributed by atoms with E-state index in [2.05, 4.69) is 32.7 Å². The first-order valence-electron chi connectivity index (χ1n) is 26.8. The maximum Gasteiger partial charge on any atom is 0.410 e. The molecule has 5 aromatic rings. The summed E-state index contributed by atoms with van der Waals surface area (Å²) in [7, 11) is 0.